The molecule has 4 rings (SSSR count). The molecule has 2 aromatic rings. The van der Waals surface area contributed by atoms with E-state index in [4.69, 9.17) is 4.74 Å². The summed E-state index contributed by atoms with van der Waals surface area (Å²) in [6.07, 6.45) is 2.18. The molecular formula is C28H32ClN3O7S. The maximum absolute atomic E-state index is 13.4. The first-order valence-electron chi connectivity index (χ1n) is 12.9. The minimum Gasteiger partial charge on any atom is -0.480 e. The summed E-state index contributed by atoms with van der Waals surface area (Å²) in [5.74, 6) is -2.31. The Morgan fingerprint density at radius 1 is 1.00 bits per heavy atom. The Kier molecular flexibility index (Phi) is 11.1. The van der Waals surface area contributed by atoms with Crippen LogP contribution in [0.4, 0.5) is 5.69 Å². The molecule has 2 atom stereocenters. The van der Waals surface area contributed by atoms with Gasteiger partial charge in [0, 0.05) is 17.2 Å². The molecule has 2 aromatic carbocycles. The number of rotatable bonds is 12. The van der Waals surface area contributed by atoms with Gasteiger partial charge in [-0.25, -0.2) is 0 Å². The first-order valence-corrected chi connectivity index (χ1v) is 13.9. The molecule has 0 bridgehead atoms. The number of esters is 1. The number of carboxylic acids is 1. The highest BCUT2D eigenvalue weighted by Crippen LogP contribution is 2.34. The van der Waals surface area contributed by atoms with Gasteiger partial charge in [-0.1, -0.05) is 37.1 Å². The average molecular weight is 590 g/mol. The fraction of sp³-hybridized carbons (Fsp3) is 0.393. The Bertz CT molecular complexity index is 1240. The highest BCUT2D eigenvalue weighted by molar-refractivity contribution is 7.99. The highest BCUT2D eigenvalue weighted by atomic mass is 35.5. The molecule has 0 saturated carbocycles. The number of aliphatic carboxylic acids is 1. The molecule has 0 radical (unpaired) electrons. The third kappa shape index (κ3) is 7.01. The van der Waals surface area contributed by atoms with Crippen molar-refractivity contribution < 1.29 is 33.8 Å². The average Bonchev–Trinajstić information content (AvgIpc) is 3.09. The van der Waals surface area contributed by atoms with E-state index in [0.29, 0.717) is 48.3 Å². The topological polar surface area (TPSA) is 133 Å². The fourth-order valence-corrected chi connectivity index (χ4v) is 5.85. The normalized spacial score (nSPS) is 17.0. The molecule has 40 heavy (non-hydrogen) atoms. The second-order valence-corrected chi connectivity index (χ2v) is 10.3. The first-order chi connectivity index (χ1) is 18.8. The molecule has 2 N–H and O–H groups in total. The predicted molar refractivity (Wildman–Crippen MR) is 152 cm³/mol. The number of hydrogen-bond acceptors (Lipinski definition) is 8. The summed E-state index contributed by atoms with van der Waals surface area (Å²) in [7, 11) is 0. The van der Waals surface area contributed by atoms with Crippen molar-refractivity contribution in [1.29, 1.82) is 0 Å². The van der Waals surface area contributed by atoms with Gasteiger partial charge in [0.05, 0.1) is 29.5 Å². The van der Waals surface area contributed by atoms with Gasteiger partial charge in [-0.15, -0.1) is 24.2 Å². The zero-order chi connectivity index (χ0) is 27.9. The second kappa shape index (κ2) is 14.3. The number of thioether (sulfide) groups is 1. The molecule has 10 nitrogen and oxygen atoms in total. The van der Waals surface area contributed by atoms with Crippen molar-refractivity contribution >= 4 is 59.5 Å². The van der Waals surface area contributed by atoms with Crippen LogP contribution in [0.2, 0.25) is 0 Å². The van der Waals surface area contributed by atoms with Crippen LogP contribution in [0.5, 0.6) is 0 Å². The van der Waals surface area contributed by atoms with Crippen molar-refractivity contribution in [2.45, 2.75) is 49.6 Å². The number of carbonyl (C=O) groups is 5. The molecule has 0 aliphatic carbocycles. The molecule has 0 saturated heterocycles. The van der Waals surface area contributed by atoms with E-state index in [-0.39, 0.29) is 37.4 Å². The van der Waals surface area contributed by atoms with Crippen LogP contribution in [0.25, 0.3) is 0 Å². The van der Waals surface area contributed by atoms with E-state index in [9.17, 15) is 29.1 Å². The fourth-order valence-electron chi connectivity index (χ4n) is 4.76. The lowest BCUT2D eigenvalue weighted by molar-refractivity contribution is -0.146. The van der Waals surface area contributed by atoms with Crippen molar-refractivity contribution in [3.63, 3.8) is 0 Å². The molecule has 2 aliphatic rings. The minimum atomic E-state index is -1.14. The molecule has 0 spiro atoms. The van der Waals surface area contributed by atoms with Crippen LogP contribution in [0.15, 0.2) is 53.4 Å². The number of fused-ring (bicyclic) bond motifs is 2. The van der Waals surface area contributed by atoms with Crippen LogP contribution in [0.1, 0.15) is 53.3 Å². The molecule has 12 heteroatoms. The summed E-state index contributed by atoms with van der Waals surface area (Å²) in [6, 6.07) is 12.3. The first kappa shape index (κ1) is 31.1. The summed E-state index contributed by atoms with van der Waals surface area (Å²) < 4.78 is 5.24. The van der Waals surface area contributed by atoms with E-state index < -0.39 is 36.5 Å². The van der Waals surface area contributed by atoms with Gasteiger partial charge < -0.3 is 9.84 Å². The number of carbonyl (C=O) groups excluding carboxylic acids is 4. The summed E-state index contributed by atoms with van der Waals surface area (Å²) in [6.45, 7) is 1.68. The molecule has 0 fully saturated rings. The lowest BCUT2D eigenvalue weighted by Crippen LogP contribution is -2.54. The predicted octanol–water partition coefficient (Wildman–Crippen LogP) is 3.38. The van der Waals surface area contributed by atoms with E-state index in [1.165, 1.54) is 21.6 Å². The Labute approximate surface area is 242 Å². The number of amides is 3. The Hall–Kier alpha value is -3.41. The molecule has 0 aromatic heterocycles. The van der Waals surface area contributed by atoms with Crippen molar-refractivity contribution in [3.8, 4) is 0 Å². The number of halogens is 1. The van der Waals surface area contributed by atoms with E-state index >= 15 is 0 Å². The van der Waals surface area contributed by atoms with Crippen LogP contribution in [0.3, 0.4) is 0 Å². The Balaban J connectivity index is 0.00000441. The van der Waals surface area contributed by atoms with Crippen molar-refractivity contribution in [3.05, 3.63) is 59.7 Å². The van der Waals surface area contributed by atoms with E-state index in [0.717, 1.165) is 4.90 Å². The van der Waals surface area contributed by atoms with E-state index in [2.05, 4.69) is 5.32 Å². The Morgan fingerprint density at radius 3 is 2.30 bits per heavy atom. The zero-order valence-electron chi connectivity index (χ0n) is 22.0. The SMILES string of the molecule is CCOC(=O)[C@H](CCCCCN1C(=O)c2ccccc2C1=O)N[C@H]1CSc2ccccc2N(CC(=O)O)C1=O.Cl. The van der Waals surface area contributed by atoms with Gasteiger partial charge >= 0.3 is 11.9 Å². The zero-order valence-corrected chi connectivity index (χ0v) is 23.7. The maximum atomic E-state index is 13.4. The molecule has 0 unspecified atom stereocenters. The second-order valence-electron chi connectivity index (χ2n) is 9.28. The molecular weight excluding hydrogens is 558 g/mol. The van der Waals surface area contributed by atoms with Crippen molar-refractivity contribution in [2.75, 3.05) is 30.3 Å². The molecule has 2 heterocycles. The number of ether oxygens (including phenoxy) is 1. The van der Waals surface area contributed by atoms with Gasteiger partial charge in [-0.2, -0.15) is 0 Å². The van der Waals surface area contributed by atoms with Gasteiger partial charge in [-0.3, -0.25) is 39.1 Å². The standard InChI is InChI=1S/C28H31N3O7S.ClH/c1-2-38-28(37)20(12-4-3-9-15-30-25(34)18-10-5-6-11-19(18)26(30)35)29-21-17-39-23-14-8-7-13-22(23)31(27(21)36)16-24(32)33;/h5-8,10-11,13-14,20-21,29H,2-4,9,12,15-17H2,1H3,(H,32,33);1H/t20-,21-;/m0./s1. The molecule has 214 valence electrons. The van der Waals surface area contributed by atoms with Gasteiger partial charge in [0.1, 0.15) is 12.6 Å². The van der Waals surface area contributed by atoms with Crippen molar-refractivity contribution in [1.82, 2.24) is 10.2 Å². The number of nitrogens with one attached hydrogen (secondary N) is 1. The van der Waals surface area contributed by atoms with Crippen LogP contribution < -0.4 is 10.2 Å². The number of imide groups is 1. The summed E-state index contributed by atoms with van der Waals surface area (Å²) in [5, 5.41) is 12.5. The van der Waals surface area contributed by atoms with Gasteiger partial charge in [0.15, 0.2) is 0 Å². The maximum Gasteiger partial charge on any atom is 0.323 e. The summed E-state index contributed by atoms with van der Waals surface area (Å²) >= 11 is 1.42. The van der Waals surface area contributed by atoms with Gasteiger partial charge in [0.2, 0.25) is 5.91 Å². The van der Waals surface area contributed by atoms with Crippen LogP contribution in [-0.4, -0.2) is 77.2 Å². The molecule has 3 amide bonds. The number of para-hydroxylation sites is 1. The third-order valence-corrected chi connectivity index (χ3v) is 7.80. The lowest BCUT2D eigenvalue weighted by Gasteiger charge is -2.27. The van der Waals surface area contributed by atoms with Crippen molar-refractivity contribution in [2.24, 2.45) is 0 Å². The van der Waals surface area contributed by atoms with E-state index in [1.54, 1.807) is 43.3 Å². The van der Waals surface area contributed by atoms with Crippen LogP contribution in [-0.2, 0) is 19.1 Å². The number of benzene rings is 2. The van der Waals surface area contributed by atoms with Crippen LogP contribution in [0, 0.1) is 0 Å². The minimum absolute atomic E-state index is 0. The largest absolute Gasteiger partial charge is 0.480 e. The van der Waals surface area contributed by atoms with Gasteiger partial charge in [-0.05, 0) is 44.0 Å². The monoisotopic (exact) mass is 589 g/mol. The summed E-state index contributed by atoms with van der Waals surface area (Å²) in [4.78, 5) is 66.1. The van der Waals surface area contributed by atoms with Crippen LogP contribution >= 0.6 is 24.2 Å². The molecule has 2 aliphatic heterocycles. The highest BCUT2D eigenvalue weighted by Gasteiger charge is 2.36. The van der Waals surface area contributed by atoms with Gasteiger partial charge in [0.25, 0.3) is 11.8 Å². The number of nitrogens with zero attached hydrogens (tertiary/aromatic N) is 2. The summed E-state index contributed by atoms with van der Waals surface area (Å²) in [5.41, 5.74) is 1.36. The van der Waals surface area contributed by atoms with E-state index in [1.807, 2.05) is 12.1 Å². The number of hydrogen-bond donors (Lipinski definition) is 2. The number of carboxylic acid groups (broad SMARTS) is 1. The smallest absolute Gasteiger partial charge is 0.323 e. The lowest BCUT2D eigenvalue weighted by atomic mass is 10.1. The Morgan fingerprint density at radius 2 is 1.65 bits per heavy atom. The number of unbranched alkanes of at least 4 members (excludes halogenated alkanes) is 2. The number of anilines is 1. The third-order valence-electron chi connectivity index (χ3n) is 6.65. The quantitative estimate of drug-likeness (QED) is 0.217.